The molecule has 108 valence electrons. The van der Waals surface area contributed by atoms with E-state index in [0.29, 0.717) is 12.0 Å². The summed E-state index contributed by atoms with van der Waals surface area (Å²) in [5.41, 5.74) is -0.0780. The molecule has 3 heteroatoms. The van der Waals surface area contributed by atoms with Gasteiger partial charge in [-0.15, -0.1) is 0 Å². The summed E-state index contributed by atoms with van der Waals surface area (Å²) in [6.07, 6.45) is 5.59. The molecule has 18 heavy (non-hydrogen) atoms. The normalized spacial score (nSPS) is 15.0. The van der Waals surface area contributed by atoms with E-state index in [0.717, 1.165) is 12.8 Å². The Bertz CT molecular complexity index is 245. The number of ether oxygens (including phenoxy) is 1. The van der Waals surface area contributed by atoms with Gasteiger partial charge in [0.25, 0.3) is 0 Å². The van der Waals surface area contributed by atoms with Crippen LogP contribution in [0.3, 0.4) is 0 Å². The molecule has 0 aliphatic rings. The van der Waals surface area contributed by atoms with Gasteiger partial charge in [0, 0.05) is 6.54 Å². The minimum atomic E-state index is -0.416. The van der Waals surface area contributed by atoms with Crippen LogP contribution in [-0.2, 0) is 4.74 Å². The quantitative estimate of drug-likeness (QED) is 0.729. The summed E-state index contributed by atoms with van der Waals surface area (Å²) in [4.78, 5) is 11.5. The molecule has 0 bridgehead atoms. The van der Waals surface area contributed by atoms with Crippen LogP contribution in [0.25, 0.3) is 0 Å². The van der Waals surface area contributed by atoms with Crippen LogP contribution < -0.4 is 5.32 Å². The molecule has 1 atom stereocenters. The van der Waals surface area contributed by atoms with E-state index >= 15 is 0 Å². The SMILES string of the molecule is CCCCC(C)(CC)CCNC(=O)OC(C)(C)C. The van der Waals surface area contributed by atoms with Crippen molar-refractivity contribution in [2.24, 2.45) is 5.41 Å². The number of alkyl carbamates (subject to hydrolysis) is 1. The molecular formula is C15H31NO2. The van der Waals surface area contributed by atoms with Crippen LogP contribution in [0.4, 0.5) is 4.79 Å². The molecule has 0 aromatic heterocycles. The van der Waals surface area contributed by atoms with Gasteiger partial charge < -0.3 is 10.1 Å². The standard InChI is InChI=1S/C15H31NO2/c1-7-9-10-15(6,8-2)11-12-16-13(17)18-14(3,4)5/h7-12H2,1-6H3,(H,16,17). The van der Waals surface area contributed by atoms with E-state index < -0.39 is 5.60 Å². The molecule has 0 saturated heterocycles. The average Bonchev–Trinajstić information content (AvgIpc) is 2.24. The lowest BCUT2D eigenvalue weighted by molar-refractivity contribution is 0.0519. The van der Waals surface area contributed by atoms with E-state index in [1.165, 1.54) is 19.3 Å². The number of amides is 1. The molecule has 0 radical (unpaired) electrons. The molecule has 3 nitrogen and oxygen atoms in total. The zero-order chi connectivity index (χ0) is 14.2. The number of hydrogen-bond acceptors (Lipinski definition) is 2. The predicted molar refractivity (Wildman–Crippen MR) is 76.8 cm³/mol. The number of unbranched alkanes of at least 4 members (excludes halogenated alkanes) is 1. The van der Waals surface area contributed by atoms with Gasteiger partial charge in [0.15, 0.2) is 0 Å². The van der Waals surface area contributed by atoms with Crippen LogP contribution in [0.5, 0.6) is 0 Å². The Hall–Kier alpha value is -0.730. The monoisotopic (exact) mass is 257 g/mol. The number of carbonyl (C=O) groups is 1. The molecule has 0 rings (SSSR count). The summed E-state index contributed by atoms with van der Waals surface area (Å²) in [6.45, 7) is 13.1. The van der Waals surface area contributed by atoms with Crippen LogP contribution >= 0.6 is 0 Å². The van der Waals surface area contributed by atoms with Gasteiger partial charge >= 0.3 is 6.09 Å². The van der Waals surface area contributed by atoms with E-state index in [9.17, 15) is 4.79 Å². The number of rotatable bonds is 7. The van der Waals surface area contributed by atoms with Crippen LogP contribution in [0.15, 0.2) is 0 Å². The molecule has 0 aliphatic heterocycles. The maximum atomic E-state index is 11.5. The van der Waals surface area contributed by atoms with Gasteiger partial charge in [0.05, 0.1) is 0 Å². The first-order valence-electron chi connectivity index (χ1n) is 7.19. The summed E-state index contributed by atoms with van der Waals surface area (Å²) in [5.74, 6) is 0. The Balaban J connectivity index is 3.96. The highest BCUT2D eigenvalue weighted by Gasteiger charge is 2.22. The fourth-order valence-electron chi connectivity index (χ4n) is 1.86. The van der Waals surface area contributed by atoms with E-state index in [4.69, 9.17) is 4.74 Å². The zero-order valence-electron chi connectivity index (χ0n) is 13.1. The van der Waals surface area contributed by atoms with Crippen molar-refractivity contribution in [1.82, 2.24) is 5.32 Å². The van der Waals surface area contributed by atoms with Gasteiger partial charge in [-0.1, -0.05) is 40.0 Å². The Kier molecular flexibility index (Phi) is 7.34. The minimum Gasteiger partial charge on any atom is -0.444 e. The van der Waals surface area contributed by atoms with Crippen molar-refractivity contribution in [2.45, 2.75) is 79.2 Å². The van der Waals surface area contributed by atoms with E-state index in [1.54, 1.807) is 0 Å². The predicted octanol–water partition coefficient (Wildman–Crippen LogP) is 4.51. The van der Waals surface area contributed by atoms with E-state index in [2.05, 4.69) is 26.1 Å². The molecule has 0 spiro atoms. The second-order valence-corrected chi connectivity index (χ2v) is 6.45. The second kappa shape index (κ2) is 7.65. The molecule has 1 N–H and O–H groups in total. The van der Waals surface area contributed by atoms with Crippen molar-refractivity contribution < 1.29 is 9.53 Å². The molecule has 0 saturated carbocycles. The number of carbonyl (C=O) groups excluding carboxylic acids is 1. The van der Waals surface area contributed by atoms with Gasteiger partial charge in [-0.3, -0.25) is 0 Å². The van der Waals surface area contributed by atoms with Gasteiger partial charge in [-0.05, 0) is 39.0 Å². The molecule has 1 amide bonds. The molecule has 0 aliphatic carbocycles. The summed E-state index contributed by atoms with van der Waals surface area (Å²) in [7, 11) is 0. The number of nitrogens with one attached hydrogen (secondary N) is 1. The fourth-order valence-corrected chi connectivity index (χ4v) is 1.86. The highest BCUT2D eigenvalue weighted by Crippen LogP contribution is 2.31. The Morgan fingerprint density at radius 3 is 2.17 bits per heavy atom. The summed E-state index contributed by atoms with van der Waals surface area (Å²) >= 11 is 0. The van der Waals surface area contributed by atoms with Crippen molar-refractivity contribution in [2.75, 3.05) is 6.54 Å². The third-order valence-corrected chi connectivity index (χ3v) is 3.38. The summed E-state index contributed by atoms with van der Waals surface area (Å²) < 4.78 is 5.22. The largest absolute Gasteiger partial charge is 0.444 e. The smallest absolute Gasteiger partial charge is 0.407 e. The molecule has 0 aromatic carbocycles. The summed E-state index contributed by atoms with van der Waals surface area (Å²) in [6, 6.07) is 0. The van der Waals surface area contributed by atoms with Gasteiger partial charge in [-0.25, -0.2) is 4.79 Å². The summed E-state index contributed by atoms with van der Waals surface area (Å²) in [5, 5.41) is 2.84. The van der Waals surface area contributed by atoms with Crippen molar-refractivity contribution >= 4 is 6.09 Å². The minimum absolute atomic E-state index is 0.309. The number of hydrogen-bond donors (Lipinski definition) is 1. The average molecular weight is 257 g/mol. The Labute approximate surface area is 113 Å². The Morgan fingerprint density at radius 2 is 1.72 bits per heavy atom. The van der Waals surface area contributed by atoms with Gasteiger partial charge in [-0.2, -0.15) is 0 Å². The molecule has 1 unspecified atom stereocenters. The Morgan fingerprint density at radius 1 is 1.11 bits per heavy atom. The lowest BCUT2D eigenvalue weighted by Gasteiger charge is -2.28. The second-order valence-electron chi connectivity index (χ2n) is 6.45. The zero-order valence-corrected chi connectivity index (χ0v) is 13.1. The first-order valence-corrected chi connectivity index (χ1v) is 7.19. The van der Waals surface area contributed by atoms with Crippen LogP contribution in [0.2, 0.25) is 0 Å². The van der Waals surface area contributed by atoms with Crippen LogP contribution in [-0.4, -0.2) is 18.2 Å². The van der Waals surface area contributed by atoms with Crippen molar-refractivity contribution in [3.63, 3.8) is 0 Å². The lowest BCUT2D eigenvalue weighted by atomic mass is 9.79. The van der Waals surface area contributed by atoms with E-state index in [1.807, 2.05) is 20.8 Å². The topological polar surface area (TPSA) is 38.3 Å². The maximum absolute atomic E-state index is 11.5. The highest BCUT2D eigenvalue weighted by atomic mass is 16.6. The molecular weight excluding hydrogens is 226 g/mol. The van der Waals surface area contributed by atoms with E-state index in [-0.39, 0.29) is 6.09 Å². The maximum Gasteiger partial charge on any atom is 0.407 e. The van der Waals surface area contributed by atoms with Gasteiger partial charge in [0.2, 0.25) is 0 Å². The third-order valence-electron chi connectivity index (χ3n) is 3.38. The third kappa shape index (κ3) is 8.37. The first kappa shape index (κ1) is 17.3. The van der Waals surface area contributed by atoms with Crippen LogP contribution in [0, 0.1) is 5.41 Å². The molecule has 0 heterocycles. The highest BCUT2D eigenvalue weighted by molar-refractivity contribution is 5.67. The van der Waals surface area contributed by atoms with Crippen LogP contribution in [0.1, 0.15) is 73.6 Å². The fraction of sp³-hybridized carbons (Fsp3) is 0.933. The first-order chi connectivity index (χ1) is 8.22. The van der Waals surface area contributed by atoms with Crippen molar-refractivity contribution in [1.29, 1.82) is 0 Å². The van der Waals surface area contributed by atoms with Crippen molar-refractivity contribution in [3.05, 3.63) is 0 Å². The van der Waals surface area contributed by atoms with Crippen molar-refractivity contribution in [3.8, 4) is 0 Å². The van der Waals surface area contributed by atoms with Gasteiger partial charge in [0.1, 0.15) is 5.60 Å². The molecule has 0 aromatic rings. The lowest BCUT2D eigenvalue weighted by Crippen LogP contribution is -2.34. The molecule has 0 fully saturated rings.